The molecule has 0 saturated carbocycles. The summed E-state index contributed by atoms with van der Waals surface area (Å²) in [4.78, 5) is 0. The minimum Gasteiger partial charge on any atom is -0.352 e. The predicted octanol–water partition coefficient (Wildman–Crippen LogP) is 1.62. The van der Waals surface area contributed by atoms with Crippen LogP contribution in [-0.4, -0.2) is 32.4 Å². The van der Waals surface area contributed by atoms with Crippen LogP contribution in [0.5, 0.6) is 0 Å². The second-order valence-electron chi connectivity index (χ2n) is 2.68. The molecule has 0 unspecified atom stereocenters. The Labute approximate surface area is 94.2 Å². The van der Waals surface area contributed by atoms with Crippen molar-refractivity contribution in [3.05, 3.63) is 29.8 Å². The number of ether oxygens (including phenoxy) is 2. The van der Waals surface area contributed by atoms with E-state index in [-0.39, 0.29) is 24.5 Å². The van der Waals surface area contributed by atoms with Crippen molar-refractivity contribution in [1.82, 2.24) is 0 Å². The fraction of sp³-hybridized carbons (Fsp3) is 0.333. The largest absolute Gasteiger partial charge is 0.506 e. The number of benzene rings is 1. The Balaban J connectivity index is 2.78. The molecule has 4 heteroatoms. The summed E-state index contributed by atoms with van der Waals surface area (Å²) in [5.74, 6) is 0. The van der Waals surface area contributed by atoms with Gasteiger partial charge >= 0.3 is 18.2 Å². The van der Waals surface area contributed by atoms with Crippen LogP contribution in [0.25, 0.3) is 0 Å². The van der Waals surface area contributed by atoms with Gasteiger partial charge in [-0.2, -0.15) is 3.69 Å². The molecule has 0 atom stereocenters. The van der Waals surface area contributed by atoms with Crippen molar-refractivity contribution < 1.29 is 9.47 Å². The Hall–Kier alpha value is 0.386. The topological polar surface area (TPSA) is 18.5 Å². The van der Waals surface area contributed by atoms with Crippen LogP contribution in [0.3, 0.4) is 0 Å². The maximum atomic E-state index is 5.14. The molecule has 0 radical (unpaired) electrons. The molecule has 0 spiro atoms. The Morgan fingerprint density at radius 1 is 1.15 bits per heavy atom. The highest BCUT2D eigenvalue weighted by Gasteiger charge is 2.07. The lowest BCUT2D eigenvalue weighted by molar-refractivity contribution is -0.106. The molecule has 2 nitrogen and oxygen atoms in total. The molecule has 1 aromatic carbocycles. The van der Waals surface area contributed by atoms with Gasteiger partial charge in [-0.05, 0) is 0 Å². The van der Waals surface area contributed by atoms with Gasteiger partial charge in [-0.15, -0.1) is 0 Å². The lowest BCUT2D eigenvalue weighted by atomic mass is 10.2. The van der Waals surface area contributed by atoms with Gasteiger partial charge in [-0.3, -0.25) is 12.9 Å². The molecule has 0 N–H and O–H groups in total. The molecule has 0 amide bonds. The Bertz CT molecular complexity index is 246. The molecule has 0 aromatic heterocycles. The van der Waals surface area contributed by atoms with Crippen LogP contribution in [0.2, 0.25) is 0 Å². The van der Waals surface area contributed by atoms with Crippen LogP contribution in [0.1, 0.15) is 11.9 Å². The summed E-state index contributed by atoms with van der Waals surface area (Å²) in [5.41, 5.74) is 1.06. The van der Waals surface area contributed by atoms with E-state index in [1.165, 1.54) is 3.69 Å². The highest BCUT2D eigenvalue weighted by Crippen LogP contribution is 2.15. The molecule has 0 saturated heterocycles. The van der Waals surface area contributed by atoms with Crippen molar-refractivity contribution in [3.63, 3.8) is 0 Å². The first kappa shape index (κ1) is 11.5. The second kappa shape index (κ2) is 5.98. The third-order valence-corrected chi connectivity index (χ3v) is 4.56. The molecule has 13 heavy (non-hydrogen) atoms. The van der Waals surface area contributed by atoms with Gasteiger partial charge in [-0.25, -0.2) is 0 Å². The lowest BCUT2D eigenvalue weighted by Crippen LogP contribution is -2.10. The van der Waals surface area contributed by atoms with Gasteiger partial charge in [0, 0.05) is 19.8 Å². The lowest BCUT2D eigenvalue weighted by Gasteiger charge is -2.13. The van der Waals surface area contributed by atoms with Crippen molar-refractivity contribution in [2.45, 2.75) is 6.29 Å². The van der Waals surface area contributed by atoms with Gasteiger partial charge in [0.15, 0.2) is 6.29 Å². The van der Waals surface area contributed by atoms with Gasteiger partial charge in [0.1, 0.15) is 0 Å². The standard InChI is InChI=1S/C9H11O2.BrH.Mg/c1-10-9(11-2)8-6-4-3-5-7-8;;/h4-7,9H,1-2H3;1H;/q;;+1/p-1. The minimum absolute atomic E-state index is 0.231. The third-order valence-electron chi connectivity index (χ3n) is 1.83. The van der Waals surface area contributed by atoms with Crippen LogP contribution >= 0.6 is 12.9 Å². The van der Waals surface area contributed by atoms with Crippen LogP contribution in [0.15, 0.2) is 24.3 Å². The average Bonchev–Trinajstić information content (AvgIpc) is 2.21. The number of hydrogen-bond donors (Lipinski definition) is 0. The van der Waals surface area contributed by atoms with Crippen molar-refractivity contribution in [1.29, 1.82) is 0 Å². The molecular formula is C9H11BrMgO2. The fourth-order valence-electron chi connectivity index (χ4n) is 1.13. The van der Waals surface area contributed by atoms with Crippen molar-refractivity contribution >= 4 is 34.8 Å². The van der Waals surface area contributed by atoms with Crippen molar-refractivity contribution in [2.24, 2.45) is 0 Å². The molecule has 0 fully saturated rings. The zero-order valence-electron chi connectivity index (χ0n) is 7.79. The number of rotatable bonds is 4. The average molecular weight is 255 g/mol. The Morgan fingerprint density at radius 3 is 2.08 bits per heavy atom. The van der Waals surface area contributed by atoms with E-state index in [9.17, 15) is 0 Å². The molecule has 0 aliphatic carbocycles. The van der Waals surface area contributed by atoms with Crippen molar-refractivity contribution in [3.8, 4) is 0 Å². The van der Waals surface area contributed by atoms with Gasteiger partial charge in [0.05, 0.1) is 0 Å². The zero-order chi connectivity index (χ0) is 9.68. The molecule has 0 aliphatic rings. The molecule has 0 heterocycles. The molecule has 1 rings (SSSR count). The van der Waals surface area contributed by atoms with Crippen LogP contribution in [0.4, 0.5) is 0 Å². The quantitative estimate of drug-likeness (QED) is 0.601. The van der Waals surface area contributed by atoms with Gasteiger partial charge in [0.25, 0.3) is 0 Å². The van der Waals surface area contributed by atoms with Crippen LogP contribution in [-0.2, 0) is 9.47 Å². The van der Waals surface area contributed by atoms with E-state index in [0.717, 1.165) is 5.56 Å². The van der Waals surface area contributed by atoms with Gasteiger partial charge in [-0.1, -0.05) is 24.3 Å². The maximum absolute atomic E-state index is 5.14. The Morgan fingerprint density at radius 2 is 1.69 bits per heavy atom. The van der Waals surface area contributed by atoms with E-state index < -0.39 is 0 Å². The molecular weight excluding hydrogens is 244 g/mol. The predicted molar refractivity (Wildman–Crippen MR) is 57.5 cm³/mol. The van der Waals surface area contributed by atoms with Crippen LogP contribution < -0.4 is 3.69 Å². The maximum Gasteiger partial charge on any atom is 0.506 e. The molecule has 0 bridgehead atoms. The highest BCUT2D eigenvalue weighted by molar-refractivity contribution is 9.23. The van der Waals surface area contributed by atoms with Gasteiger partial charge in [0.2, 0.25) is 0 Å². The first-order valence-electron chi connectivity index (χ1n) is 4.02. The summed E-state index contributed by atoms with van der Waals surface area (Å²) in [6.45, 7) is 0. The molecule has 0 aliphatic heterocycles. The SMILES string of the molecule is COC(OC)c1cc[c]([Mg][Br])cc1. The normalized spacial score (nSPS) is 10.2. The van der Waals surface area contributed by atoms with E-state index in [4.69, 9.17) is 9.47 Å². The smallest absolute Gasteiger partial charge is 0.352 e. The Kier molecular flexibility index (Phi) is 5.27. The number of methoxy groups -OCH3 is 2. The summed E-state index contributed by atoms with van der Waals surface area (Å²) in [6, 6.07) is 8.31. The molecule has 1 aromatic rings. The van der Waals surface area contributed by atoms with Crippen molar-refractivity contribution in [2.75, 3.05) is 14.2 Å². The van der Waals surface area contributed by atoms with E-state index in [1.807, 2.05) is 12.1 Å². The van der Waals surface area contributed by atoms with E-state index in [1.54, 1.807) is 14.2 Å². The van der Waals surface area contributed by atoms with E-state index in [0.29, 0.717) is 0 Å². The molecule has 68 valence electrons. The van der Waals surface area contributed by atoms with Crippen LogP contribution in [0, 0.1) is 0 Å². The number of halogens is 1. The second-order valence-corrected chi connectivity index (χ2v) is 5.44. The highest BCUT2D eigenvalue weighted by atomic mass is 79.9. The summed E-state index contributed by atoms with van der Waals surface area (Å²) in [7, 11) is 3.28. The minimum atomic E-state index is -0.244. The zero-order valence-corrected chi connectivity index (χ0v) is 10.8. The first-order chi connectivity index (χ1) is 6.31. The van der Waals surface area contributed by atoms with E-state index >= 15 is 0 Å². The van der Waals surface area contributed by atoms with E-state index in [2.05, 4.69) is 25.0 Å². The summed E-state index contributed by atoms with van der Waals surface area (Å²) in [6.07, 6.45) is -0.244. The summed E-state index contributed by atoms with van der Waals surface area (Å²) < 4.78 is 11.7. The first-order valence-corrected chi connectivity index (χ1v) is 8.62. The monoisotopic (exact) mass is 254 g/mol. The summed E-state index contributed by atoms with van der Waals surface area (Å²) >= 11 is 3.30. The number of hydrogen-bond acceptors (Lipinski definition) is 2. The third kappa shape index (κ3) is 3.22. The fourth-order valence-corrected chi connectivity index (χ4v) is 2.67. The van der Waals surface area contributed by atoms with Gasteiger partial charge < -0.3 is 9.47 Å². The summed E-state index contributed by atoms with van der Waals surface area (Å²) in [5, 5.41) is 0.